The highest BCUT2D eigenvalue weighted by Crippen LogP contribution is 2.22. The van der Waals surface area contributed by atoms with Crippen molar-refractivity contribution in [3.8, 4) is 11.4 Å². The Labute approximate surface area is 142 Å². The smallest absolute Gasteiger partial charge is 0.253 e. The third-order valence-electron chi connectivity index (χ3n) is 3.91. The second-order valence-electron chi connectivity index (χ2n) is 5.79. The molecule has 0 saturated carbocycles. The average Bonchev–Trinajstić information content (AvgIpc) is 2.87. The molecule has 0 spiro atoms. The molecular formula is C18H23N3O3. The van der Waals surface area contributed by atoms with Crippen molar-refractivity contribution in [2.24, 2.45) is 0 Å². The van der Waals surface area contributed by atoms with E-state index in [0.29, 0.717) is 5.56 Å². The van der Waals surface area contributed by atoms with Crippen LogP contribution in [0.5, 0.6) is 5.75 Å². The monoisotopic (exact) mass is 329 g/mol. The van der Waals surface area contributed by atoms with Crippen molar-refractivity contribution in [2.75, 3.05) is 27.7 Å². The Balaban J connectivity index is 2.24. The fraction of sp³-hybridized carbons (Fsp3) is 0.333. The third-order valence-corrected chi connectivity index (χ3v) is 3.91. The number of carbonyl (C=O) groups excluding carboxylic acids is 2. The van der Waals surface area contributed by atoms with Gasteiger partial charge in [-0.2, -0.15) is 0 Å². The van der Waals surface area contributed by atoms with Gasteiger partial charge in [0.15, 0.2) is 0 Å². The number of rotatable bonds is 5. The number of aromatic nitrogens is 1. The van der Waals surface area contributed by atoms with Gasteiger partial charge in [0.1, 0.15) is 5.75 Å². The molecule has 2 amide bonds. The minimum Gasteiger partial charge on any atom is -0.497 e. The second kappa shape index (κ2) is 7.21. The predicted octanol–water partition coefficient (Wildman–Crippen LogP) is 1.92. The van der Waals surface area contributed by atoms with Gasteiger partial charge < -0.3 is 19.5 Å². The summed E-state index contributed by atoms with van der Waals surface area (Å²) in [6, 6.07) is 9.47. The molecule has 0 saturated heterocycles. The van der Waals surface area contributed by atoms with Gasteiger partial charge in [-0.15, -0.1) is 0 Å². The van der Waals surface area contributed by atoms with E-state index < -0.39 is 0 Å². The quantitative estimate of drug-likeness (QED) is 0.911. The van der Waals surface area contributed by atoms with E-state index in [2.05, 4.69) is 5.32 Å². The van der Waals surface area contributed by atoms with E-state index in [9.17, 15) is 9.59 Å². The lowest BCUT2D eigenvalue weighted by Crippen LogP contribution is -2.36. The normalized spacial score (nSPS) is 10.4. The fourth-order valence-electron chi connectivity index (χ4n) is 2.53. The van der Waals surface area contributed by atoms with Gasteiger partial charge in [-0.25, -0.2) is 0 Å². The summed E-state index contributed by atoms with van der Waals surface area (Å²) in [5, 5.41) is 2.67. The van der Waals surface area contributed by atoms with E-state index in [-0.39, 0.29) is 18.4 Å². The Morgan fingerprint density at radius 3 is 2.33 bits per heavy atom. The summed E-state index contributed by atoms with van der Waals surface area (Å²) >= 11 is 0. The zero-order valence-corrected chi connectivity index (χ0v) is 14.7. The summed E-state index contributed by atoms with van der Waals surface area (Å²) in [7, 11) is 4.94. The first kappa shape index (κ1) is 17.6. The van der Waals surface area contributed by atoms with Gasteiger partial charge in [0.05, 0.1) is 19.2 Å². The topological polar surface area (TPSA) is 63.6 Å². The highest BCUT2D eigenvalue weighted by Gasteiger charge is 2.17. The first-order valence-electron chi connectivity index (χ1n) is 7.67. The van der Waals surface area contributed by atoms with Crippen LogP contribution in [0.15, 0.2) is 30.3 Å². The average molecular weight is 329 g/mol. The van der Waals surface area contributed by atoms with Crippen molar-refractivity contribution >= 4 is 11.8 Å². The number of carbonyl (C=O) groups is 2. The van der Waals surface area contributed by atoms with Crippen LogP contribution in [0.4, 0.5) is 0 Å². The van der Waals surface area contributed by atoms with E-state index in [0.717, 1.165) is 22.8 Å². The van der Waals surface area contributed by atoms with E-state index in [1.807, 2.05) is 48.7 Å². The SMILES string of the molecule is COc1ccc(-n2c(C)cc(C(=O)NCC(=O)N(C)C)c2C)cc1. The number of nitrogens with zero attached hydrogens (tertiary/aromatic N) is 2. The maximum absolute atomic E-state index is 12.4. The third kappa shape index (κ3) is 3.59. The lowest BCUT2D eigenvalue weighted by atomic mass is 10.2. The highest BCUT2D eigenvalue weighted by atomic mass is 16.5. The van der Waals surface area contributed by atoms with Crippen LogP contribution in [0.3, 0.4) is 0 Å². The van der Waals surface area contributed by atoms with Crippen LogP contribution in [0, 0.1) is 13.8 Å². The molecule has 1 aromatic carbocycles. The molecule has 24 heavy (non-hydrogen) atoms. The number of nitrogens with one attached hydrogen (secondary N) is 1. The van der Waals surface area contributed by atoms with Gasteiger partial charge >= 0.3 is 0 Å². The van der Waals surface area contributed by atoms with Crippen molar-refractivity contribution in [1.29, 1.82) is 0 Å². The summed E-state index contributed by atoms with van der Waals surface area (Å²) in [5.74, 6) is 0.381. The number of benzene rings is 1. The van der Waals surface area contributed by atoms with Gasteiger partial charge in [0.25, 0.3) is 5.91 Å². The lowest BCUT2D eigenvalue weighted by Gasteiger charge is -2.12. The molecule has 2 rings (SSSR count). The van der Waals surface area contributed by atoms with Crippen LogP contribution < -0.4 is 10.1 Å². The Bertz CT molecular complexity index is 746. The van der Waals surface area contributed by atoms with Crippen LogP contribution in [0.25, 0.3) is 5.69 Å². The van der Waals surface area contributed by atoms with Crippen molar-refractivity contribution in [2.45, 2.75) is 13.8 Å². The summed E-state index contributed by atoms with van der Waals surface area (Å²) in [5.41, 5.74) is 3.29. The molecule has 1 aromatic heterocycles. The summed E-state index contributed by atoms with van der Waals surface area (Å²) < 4.78 is 7.18. The standard InChI is InChI=1S/C18H23N3O3/c1-12-10-16(18(23)19-11-17(22)20(3)4)13(2)21(12)14-6-8-15(24-5)9-7-14/h6-10H,11H2,1-5H3,(H,19,23). The number of ether oxygens (including phenoxy) is 1. The first-order valence-corrected chi connectivity index (χ1v) is 7.67. The van der Waals surface area contributed by atoms with Gasteiger partial charge in [-0.3, -0.25) is 9.59 Å². The summed E-state index contributed by atoms with van der Waals surface area (Å²) in [6.07, 6.45) is 0. The number of hydrogen-bond donors (Lipinski definition) is 1. The predicted molar refractivity (Wildman–Crippen MR) is 92.8 cm³/mol. The summed E-state index contributed by atoms with van der Waals surface area (Å²) in [4.78, 5) is 25.4. The number of likely N-dealkylation sites (N-methyl/N-ethyl adjacent to an activating group) is 1. The Kier molecular flexibility index (Phi) is 5.28. The Morgan fingerprint density at radius 1 is 1.17 bits per heavy atom. The number of methoxy groups -OCH3 is 1. The zero-order valence-electron chi connectivity index (χ0n) is 14.7. The second-order valence-corrected chi connectivity index (χ2v) is 5.79. The zero-order chi connectivity index (χ0) is 17.9. The van der Waals surface area contributed by atoms with E-state index >= 15 is 0 Å². The molecule has 1 N–H and O–H groups in total. The van der Waals surface area contributed by atoms with Crippen molar-refractivity contribution < 1.29 is 14.3 Å². The summed E-state index contributed by atoms with van der Waals surface area (Å²) in [6.45, 7) is 3.82. The van der Waals surface area contributed by atoms with Crippen LogP contribution in [-0.4, -0.2) is 49.0 Å². The van der Waals surface area contributed by atoms with Crippen molar-refractivity contribution in [3.63, 3.8) is 0 Å². The van der Waals surface area contributed by atoms with E-state index in [1.165, 1.54) is 4.90 Å². The molecule has 0 bridgehead atoms. The van der Waals surface area contributed by atoms with Crippen LogP contribution >= 0.6 is 0 Å². The molecule has 0 unspecified atom stereocenters. The van der Waals surface area contributed by atoms with E-state index in [1.54, 1.807) is 21.2 Å². The molecule has 0 aliphatic heterocycles. The Morgan fingerprint density at radius 2 is 1.79 bits per heavy atom. The number of aryl methyl sites for hydroxylation is 1. The number of hydrogen-bond acceptors (Lipinski definition) is 3. The first-order chi connectivity index (χ1) is 11.3. The molecule has 6 heteroatoms. The maximum Gasteiger partial charge on any atom is 0.253 e. The molecule has 0 fully saturated rings. The molecule has 0 radical (unpaired) electrons. The van der Waals surface area contributed by atoms with Crippen molar-refractivity contribution in [1.82, 2.24) is 14.8 Å². The van der Waals surface area contributed by atoms with Gasteiger partial charge in [-0.1, -0.05) is 0 Å². The van der Waals surface area contributed by atoms with Crippen LogP contribution in [0.1, 0.15) is 21.7 Å². The minimum absolute atomic E-state index is 0.0158. The van der Waals surface area contributed by atoms with Crippen molar-refractivity contribution in [3.05, 3.63) is 47.3 Å². The molecular weight excluding hydrogens is 306 g/mol. The van der Waals surface area contributed by atoms with Crippen LogP contribution in [0.2, 0.25) is 0 Å². The molecule has 1 heterocycles. The van der Waals surface area contributed by atoms with Gasteiger partial charge in [-0.05, 0) is 44.2 Å². The minimum atomic E-state index is -0.252. The molecule has 0 aliphatic carbocycles. The van der Waals surface area contributed by atoms with Gasteiger partial charge in [0.2, 0.25) is 5.91 Å². The number of amides is 2. The maximum atomic E-state index is 12.4. The lowest BCUT2D eigenvalue weighted by molar-refractivity contribution is -0.127. The van der Waals surface area contributed by atoms with Gasteiger partial charge in [0, 0.05) is 31.2 Å². The molecule has 2 aromatic rings. The van der Waals surface area contributed by atoms with Crippen LogP contribution in [-0.2, 0) is 4.79 Å². The molecule has 0 atom stereocenters. The fourth-order valence-corrected chi connectivity index (χ4v) is 2.53. The molecule has 0 aliphatic rings. The highest BCUT2D eigenvalue weighted by molar-refractivity contribution is 5.97. The Hall–Kier alpha value is -2.76. The molecule has 6 nitrogen and oxygen atoms in total. The molecule has 128 valence electrons. The van der Waals surface area contributed by atoms with E-state index in [4.69, 9.17) is 4.74 Å². The largest absolute Gasteiger partial charge is 0.497 e.